The van der Waals surface area contributed by atoms with Gasteiger partial charge < -0.3 is 20.4 Å². The molecule has 33 heavy (non-hydrogen) atoms. The van der Waals surface area contributed by atoms with Crippen LogP contribution in [0.15, 0.2) is 66.7 Å². The number of aromatic amines is 1. The lowest BCUT2D eigenvalue weighted by Gasteiger charge is -2.16. The highest BCUT2D eigenvalue weighted by molar-refractivity contribution is 6.30. The van der Waals surface area contributed by atoms with E-state index in [1.807, 2.05) is 24.3 Å². The SMILES string of the molecule is CC(CC(F)(F)F)Nc1ccc2[nH]c(NCc3ccc(Oc4ccc(Cl)cc4)cc3)nc2c1. The van der Waals surface area contributed by atoms with E-state index in [0.29, 0.717) is 40.2 Å². The first-order valence-corrected chi connectivity index (χ1v) is 10.7. The van der Waals surface area contributed by atoms with Gasteiger partial charge in [0.1, 0.15) is 11.5 Å². The molecule has 1 heterocycles. The zero-order chi connectivity index (χ0) is 23.4. The predicted octanol–water partition coefficient (Wildman–Crippen LogP) is 7.37. The monoisotopic (exact) mass is 474 g/mol. The summed E-state index contributed by atoms with van der Waals surface area (Å²) in [7, 11) is 0. The van der Waals surface area contributed by atoms with Crippen molar-refractivity contribution in [2.45, 2.75) is 32.1 Å². The number of nitrogens with zero attached hydrogens (tertiary/aromatic N) is 1. The molecule has 0 spiro atoms. The predicted molar refractivity (Wildman–Crippen MR) is 125 cm³/mol. The smallest absolute Gasteiger partial charge is 0.391 e. The Balaban J connectivity index is 1.34. The van der Waals surface area contributed by atoms with Crippen LogP contribution >= 0.6 is 11.6 Å². The standard InChI is InChI=1S/C24H22ClF3N4O/c1-15(13-24(26,27)28)30-18-6-11-21-22(12-18)32-23(31-21)29-14-16-2-7-19(8-3-16)33-20-9-4-17(25)5-10-20/h2-12,15,30H,13-14H2,1H3,(H2,29,31,32). The topological polar surface area (TPSA) is 62.0 Å². The van der Waals surface area contributed by atoms with E-state index >= 15 is 0 Å². The lowest BCUT2D eigenvalue weighted by Crippen LogP contribution is -2.23. The molecule has 3 aromatic carbocycles. The zero-order valence-corrected chi connectivity index (χ0v) is 18.5. The fourth-order valence-corrected chi connectivity index (χ4v) is 3.49. The minimum absolute atomic E-state index is 0.536. The number of nitrogens with one attached hydrogen (secondary N) is 3. The Morgan fingerprint density at radius 2 is 1.67 bits per heavy atom. The van der Waals surface area contributed by atoms with Gasteiger partial charge in [0.25, 0.3) is 0 Å². The fraction of sp³-hybridized carbons (Fsp3) is 0.208. The van der Waals surface area contributed by atoms with Crippen molar-refractivity contribution in [1.82, 2.24) is 9.97 Å². The van der Waals surface area contributed by atoms with Crippen LogP contribution in [0.1, 0.15) is 18.9 Å². The number of ether oxygens (including phenoxy) is 1. The van der Waals surface area contributed by atoms with Crippen molar-refractivity contribution >= 4 is 34.3 Å². The van der Waals surface area contributed by atoms with E-state index in [0.717, 1.165) is 11.1 Å². The summed E-state index contributed by atoms with van der Waals surface area (Å²) in [6.07, 6.45) is -5.11. The van der Waals surface area contributed by atoms with Gasteiger partial charge in [-0.25, -0.2) is 4.98 Å². The number of rotatable bonds is 8. The first-order chi connectivity index (χ1) is 15.7. The molecule has 3 N–H and O–H groups in total. The quantitative estimate of drug-likeness (QED) is 0.249. The zero-order valence-electron chi connectivity index (χ0n) is 17.7. The second kappa shape index (κ2) is 9.62. The number of fused-ring (bicyclic) bond motifs is 1. The number of alkyl halides is 3. The molecule has 1 atom stereocenters. The molecule has 0 aliphatic carbocycles. The number of aromatic nitrogens is 2. The molecule has 0 aliphatic rings. The third-order valence-corrected chi connectivity index (χ3v) is 5.12. The van der Waals surface area contributed by atoms with Gasteiger partial charge in [-0.05, 0) is 67.1 Å². The molecule has 9 heteroatoms. The van der Waals surface area contributed by atoms with Crippen LogP contribution in [0.25, 0.3) is 11.0 Å². The average molecular weight is 475 g/mol. The molecule has 0 fully saturated rings. The van der Waals surface area contributed by atoms with E-state index < -0.39 is 18.6 Å². The maximum Gasteiger partial charge on any atom is 0.391 e. The Kier molecular flexibility index (Phi) is 6.65. The summed E-state index contributed by atoms with van der Waals surface area (Å²) < 4.78 is 43.4. The van der Waals surface area contributed by atoms with Crippen LogP contribution in [0.2, 0.25) is 5.02 Å². The van der Waals surface area contributed by atoms with Gasteiger partial charge in [-0.3, -0.25) is 0 Å². The Morgan fingerprint density at radius 3 is 2.33 bits per heavy atom. The van der Waals surface area contributed by atoms with Gasteiger partial charge in [-0.1, -0.05) is 23.7 Å². The van der Waals surface area contributed by atoms with E-state index in [2.05, 4.69) is 20.6 Å². The van der Waals surface area contributed by atoms with Gasteiger partial charge in [0, 0.05) is 23.3 Å². The third-order valence-electron chi connectivity index (χ3n) is 4.87. The summed E-state index contributed by atoms with van der Waals surface area (Å²) in [5, 5.41) is 6.75. The van der Waals surface area contributed by atoms with Crippen LogP contribution < -0.4 is 15.4 Å². The summed E-state index contributed by atoms with van der Waals surface area (Å²) in [5.74, 6) is 1.99. The van der Waals surface area contributed by atoms with Gasteiger partial charge in [-0.15, -0.1) is 0 Å². The Labute approximate surface area is 193 Å². The first kappa shape index (κ1) is 22.8. The van der Waals surface area contributed by atoms with Crippen molar-refractivity contribution in [3.05, 3.63) is 77.3 Å². The second-order valence-corrected chi connectivity index (χ2v) is 8.17. The Bertz CT molecular complexity index is 1210. The maximum atomic E-state index is 12.5. The molecule has 4 rings (SSSR count). The first-order valence-electron chi connectivity index (χ1n) is 10.3. The molecule has 1 aromatic heterocycles. The van der Waals surface area contributed by atoms with Crippen molar-refractivity contribution in [1.29, 1.82) is 0 Å². The molecule has 1 unspecified atom stereocenters. The number of hydrogen-bond acceptors (Lipinski definition) is 4. The highest BCUT2D eigenvalue weighted by Gasteiger charge is 2.29. The molecule has 0 aliphatic heterocycles. The number of halogens is 4. The van der Waals surface area contributed by atoms with Gasteiger partial charge >= 0.3 is 6.18 Å². The lowest BCUT2D eigenvalue weighted by molar-refractivity contribution is -0.136. The summed E-state index contributed by atoms with van der Waals surface area (Å²) in [4.78, 5) is 7.65. The summed E-state index contributed by atoms with van der Waals surface area (Å²) in [6.45, 7) is 2.04. The van der Waals surface area contributed by atoms with Gasteiger partial charge in [0.05, 0.1) is 17.5 Å². The van der Waals surface area contributed by atoms with Crippen molar-refractivity contribution < 1.29 is 17.9 Å². The minimum atomic E-state index is -4.21. The molecule has 0 bridgehead atoms. The van der Waals surface area contributed by atoms with E-state index in [4.69, 9.17) is 16.3 Å². The van der Waals surface area contributed by atoms with Crippen molar-refractivity contribution in [3.63, 3.8) is 0 Å². The van der Waals surface area contributed by atoms with Crippen molar-refractivity contribution in [3.8, 4) is 11.5 Å². The molecular formula is C24H22ClF3N4O. The Morgan fingerprint density at radius 1 is 1.00 bits per heavy atom. The molecule has 172 valence electrons. The summed E-state index contributed by atoms with van der Waals surface area (Å²) in [6, 6.07) is 19.3. The van der Waals surface area contributed by atoms with Crippen LogP contribution in [0.5, 0.6) is 11.5 Å². The highest BCUT2D eigenvalue weighted by Crippen LogP contribution is 2.26. The van der Waals surface area contributed by atoms with E-state index in [9.17, 15) is 13.2 Å². The van der Waals surface area contributed by atoms with Gasteiger partial charge in [-0.2, -0.15) is 13.2 Å². The van der Waals surface area contributed by atoms with Crippen molar-refractivity contribution in [2.24, 2.45) is 0 Å². The van der Waals surface area contributed by atoms with Gasteiger partial charge in [0.15, 0.2) is 0 Å². The maximum absolute atomic E-state index is 12.5. The van der Waals surface area contributed by atoms with Gasteiger partial charge in [0.2, 0.25) is 5.95 Å². The number of H-pyrrole nitrogens is 1. The molecule has 0 radical (unpaired) electrons. The number of imidazole rings is 1. The fourth-order valence-electron chi connectivity index (χ4n) is 3.36. The van der Waals surface area contributed by atoms with Crippen LogP contribution in [0.3, 0.4) is 0 Å². The number of hydrogen-bond donors (Lipinski definition) is 3. The Hall–Kier alpha value is -3.39. The lowest BCUT2D eigenvalue weighted by atomic mass is 10.2. The summed E-state index contributed by atoms with van der Waals surface area (Å²) in [5.41, 5.74) is 3.07. The highest BCUT2D eigenvalue weighted by atomic mass is 35.5. The van der Waals surface area contributed by atoms with E-state index in [1.165, 1.54) is 6.92 Å². The van der Waals surface area contributed by atoms with E-state index in [-0.39, 0.29) is 0 Å². The normalized spacial score (nSPS) is 12.5. The second-order valence-electron chi connectivity index (χ2n) is 7.74. The molecular weight excluding hydrogens is 453 g/mol. The van der Waals surface area contributed by atoms with Crippen LogP contribution in [-0.2, 0) is 6.54 Å². The molecule has 0 saturated heterocycles. The summed E-state index contributed by atoms with van der Waals surface area (Å²) >= 11 is 5.88. The number of benzene rings is 3. The number of anilines is 2. The average Bonchev–Trinajstić information content (AvgIpc) is 3.16. The molecule has 5 nitrogen and oxygen atoms in total. The molecule has 0 amide bonds. The van der Waals surface area contributed by atoms with Crippen LogP contribution in [0, 0.1) is 0 Å². The molecule has 0 saturated carbocycles. The minimum Gasteiger partial charge on any atom is -0.457 e. The largest absolute Gasteiger partial charge is 0.457 e. The van der Waals surface area contributed by atoms with Crippen LogP contribution in [-0.4, -0.2) is 22.2 Å². The van der Waals surface area contributed by atoms with Crippen LogP contribution in [0.4, 0.5) is 24.8 Å². The molecule has 4 aromatic rings. The van der Waals surface area contributed by atoms with Crippen molar-refractivity contribution in [2.75, 3.05) is 10.6 Å². The van der Waals surface area contributed by atoms with E-state index in [1.54, 1.807) is 42.5 Å². The third kappa shape index (κ3) is 6.55.